The van der Waals surface area contributed by atoms with E-state index in [9.17, 15) is 28.7 Å². The Kier molecular flexibility index (Phi) is 9.38. The fraction of sp³-hybridized carbons (Fsp3) is 0.448. The zero-order valence-electron chi connectivity index (χ0n) is 24.2. The minimum atomic E-state index is -1.19. The van der Waals surface area contributed by atoms with Crippen molar-refractivity contribution in [1.82, 2.24) is 29.3 Å². The summed E-state index contributed by atoms with van der Waals surface area (Å²) in [6.45, 7) is 1.65. The molecule has 0 spiro atoms. The van der Waals surface area contributed by atoms with Crippen LogP contribution in [-0.4, -0.2) is 80.0 Å². The number of rotatable bonds is 12. The van der Waals surface area contributed by atoms with E-state index in [-0.39, 0.29) is 36.6 Å². The number of carboxylic acid groups (broad SMARTS) is 1. The molecule has 42 heavy (non-hydrogen) atoms. The third-order valence-electron chi connectivity index (χ3n) is 7.31. The van der Waals surface area contributed by atoms with Crippen molar-refractivity contribution in [1.29, 1.82) is 0 Å². The number of hydrogen-bond acceptors (Lipinski definition) is 6. The lowest BCUT2D eigenvalue weighted by molar-refractivity contribution is -0.123. The van der Waals surface area contributed by atoms with Crippen LogP contribution in [0.25, 0.3) is 11.0 Å². The number of halogens is 1. The van der Waals surface area contributed by atoms with Crippen molar-refractivity contribution in [2.24, 2.45) is 11.8 Å². The molecule has 0 aliphatic heterocycles. The first-order valence-corrected chi connectivity index (χ1v) is 13.8. The second-order valence-electron chi connectivity index (χ2n) is 10.9. The van der Waals surface area contributed by atoms with Gasteiger partial charge < -0.3 is 29.8 Å². The highest BCUT2D eigenvalue weighted by Crippen LogP contribution is 2.33. The highest BCUT2D eigenvalue weighted by molar-refractivity contribution is 5.92. The first-order valence-electron chi connectivity index (χ1n) is 13.8. The van der Waals surface area contributed by atoms with Crippen LogP contribution in [0.2, 0.25) is 0 Å². The van der Waals surface area contributed by atoms with Crippen LogP contribution in [0.3, 0.4) is 0 Å². The van der Waals surface area contributed by atoms with Gasteiger partial charge >= 0.3 is 6.09 Å². The molecule has 0 saturated heterocycles. The largest absolute Gasteiger partial charge is 0.465 e. The number of nitrogens with one attached hydrogen (secondary N) is 2. The van der Waals surface area contributed by atoms with Crippen LogP contribution < -0.4 is 10.9 Å². The van der Waals surface area contributed by atoms with Gasteiger partial charge in [0.05, 0.1) is 29.9 Å². The molecule has 1 aliphatic rings. The maximum atomic E-state index is 14.5. The predicted octanol–water partition coefficient (Wildman–Crippen LogP) is 3.16. The zero-order chi connectivity index (χ0) is 30.6. The molecule has 4 rings (SSSR count). The molecule has 0 aromatic carbocycles. The van der Waals surface area contributed by atoms with Crippen molar-refractivity contribution >= 4 is 34.6 Å². The topological polar surface area (TPSA) is 154 Å². The average Bonchev–Trinajstić information content (AvgIpc) is 3.66. The van der Waals surface area contributed by atoms with Gasteiger partial charge in [-0.15, -0.1) is 0 Å². The van der Waals surface area contributed by atoms with Crippen LogP contribution >= 0.6 is 0 Å². The summed E-state index contributed by atoms with van der Waals surface area (Å²) < 4.78 is 15.9. The van der Waals surface area contributed by atoms with E-state index in [2.05, 4.69) is 20.3 Å². The molecule has 3 aromatic rings. The van der Waals surface area contributed by atoms with Crippen molar-refractivity contribution in [2.75, 3.05) is 33.0 Å². The SMILES string of the molecule is Cc1ccc(NC(=O)[C@@H](CC/C=C/C(=O)N(C)C)CN(C)C(=O)O)c(=O)n1Cc1nc2c(F)cnc(CC3CC3)c2[nH]1. The third kappa shape index (κ3) is 7.39. The van der Waals surface area contributed by atoms with Gasteiger partial charge in [0.2, 0.25) is 11.8 Å². The second kappa shape index (κ2) is 13.0. The van der Waals surface area contributed by atoms with Crippen LogP contribution in [-0.2, 0) is 22.6 Å². The number of nitrogens with zero attached hydrogens (tertiary/aromatic N) is 5. The molecule has 0 bridgehead atoms. The van der Waals surface area contributed by atoms with Crippen LogP contribution in [0.1, 0.15) is 42.9 Å². The Bertz CT molecular complexity index is 1570. The summed E-state index contributed by atoms with van der Waals surface area (Å²) in [4.78, 5) is 64.1. The number of pyridine rings is 2. The lowest BCUT2D eigenvalue weighted by Gasteiger charge is -2.21. The molecule has 1 saturated carbocycles. The summed E-state index contributed by atoms with van der Waals surface area (Å²) in [5.41, 5.74) is 1.59. The third-order valence-corrected chi connectivity index (χ3v) is 7.31. The van der Waals surface area contributed by atoms with Crippen LogP contribution in [0.15, 0.2) is 35.3 Å². The normalized spacial score (nSPS) is 13.8. The Morgan fingerprint density at radius 2 is 2.00 bits per heavy atom. The molecule has 12 nitrogen and oxygen atoms in total. The number of anilines is 1. The van der Waals surface area contributed by atoms with Crippen LogP contribution in [0, 0.1) is 24.6 Å². The zero-order valence-corrected chi connectivity index (χ0v) is 24.2. The molecule has 224 valence electrons. The number of imidazole rings is 1. The van der Waals surface area contributed by atoms with Gasteiger partial charge in [0, 0.05) is 33.4 Å². The Morgan fingerprint density at radius 1 is 1.26 bits per heavy atom. The maximum absolute atomic E-state index is 14.5. The number of carbonyl (C=O) groups is 3. The van der Waals surface area contributed by atoms with E-state index in [0.717, 1.165) is 29.9 Å². The molecule has 1 aliphatic carbocycles. The maximum Gasteiger partial charge on any atom is 0.407 e. The quantitative estimate of drug-likeness (QED) is 0.278. The van der Waals surface area contributed by atoms with Crippen molar-refractivity contribution in [3.05, 3.63) is 63.9 Å². The van der Waals surface area contributed by atoms with Crippen molar-refractivity contribution in [2.45, 2.75) is 45.6 Å². The number of likely N-dealkylation sites (N-methyl/N-ethyl adjacent to an activating group) is 1. The predicted molar refractivity (Wildman–Crippen MR) is 155 cm³/mol. The molecule has 3 amide bonds. The highest BCUT2D eigenvalue weighted by Gasteiger charge is 2.25. The number of H-pyrrole nitrogens is 1. The van der Waals surface area contributed by atoms with E-state index >= 15 is 0 Å². The van der Waals surface area contributed by atoms with E-state index in [0.29, 0.717) is 29.4 Å². The monoisotopic (exact) mass is 581 g/mol. The average molecular weight is 582 g/mol. The van der Waals surface area contributed by atoms with Crippen molar-refractivity contribution in [3.63, 3.8) is 0 Å². The van der Waals surface area contributed by atoms with Gasteiger partial charge in [-0.3, -0.25) is 19.4 Å². The summed E-state index contributed by atoms with van der Waals surface area (Å²) in [6, 6.07) is 3.17. The molecule has 3 N–H and O–H groups in total. The number of aromatic nitrogens is 4. The number of allylic oxidation sites excluding steroid dienone is 1. The fourth-order valence-electron chi connectivity index (χ4n) is 4.58. The molecule has 1 atom stereocenters. The highest BCUT2D eigenvalue weighted by atomic mass is 19.1. The molecular weight excluding hydrogens is 545 g/mol. The molecule has 13 heteroatoms. The number of hydrogen-bond donors (Lipinski definition) is 3. The van der Waals surface area contributed by atoms with Crippen LogP contribution in [0.4, 0.5) is 14.9 Å². The first-order chi connectivity index (χ1) is 19.9. The van der Waals surface area contributed by atoms with E-state index in [4.69, 9.17) is 0 Å². The van der Waals surface area contributed by atoms with Gasteiger partial charge in [-0.2, -0.15) is 0 Å². The van der Waals surface area contributed by atoms with E-state index in [1.54, 1.807) is 33.2 Å². The molecular formula is C29H36FN7O5. The summed E-state index contributed by atoms with van der Waals surface area (Å²) in [6.07, 6.45) is 6.58. The Morgan fingerprint density at radius 3 is 2.67 bits per heavy atom. The van der Waals surface area contributed by atoms with Gasteiger partial charge in [0.15, 0.2) is 5.82 Å². The lowest BCUT2D eigenvalue weighted by atomic mass is 10.0. The molecule has 3 aromatic heterocycles. The van der Waals surface area contributed by atoms with Gasteiger partial charge in [-0.25, -0.2) is 14.2 Å². The Labute approximate surface area is 242 Å². The van der Waals surface area contributed by atoms with Gasteiger partial charge in [0.25, 0.3) is 5.56 Å². The summed E-state index contributed by atoms with van der Waals surface area (Å²) >= 11 is 0. The number of aryl methyl sites for hydroxylation is 1. The fourth-order valence-corrected chi connectivity index (χ4v) is 4.58. The van der Waals surface area contributed by atoms with E-state index in [1.807, 2.05) is 0 Å². The lowest BCUT2D eigenvalue weighted by Crippen LogP contribution is -2.37. The van der Waals surface area contributed by atoms with Crippen molar-refractivity contribution in [3.8, 4) is 0 Å². The second-order valence-corrected chi connectivity index (χ2v) is 10.9. The van der Waals surface area contributed by atoms with E-state index < -0.39 is 29.3 Å². The smallest absolute Gasteiger partial charge is 0.407 e. The van der Waals surface area contributed by atoms with Gasteiger partial charge in [0.1, 0.15) is 17.0 Å². The summed E-state index contributed by atoms with van der Waals surface area (Å²) in [5, 5.41) is 12.0. The molecule has 3 heterocycles. The van der Waals surface area contributed by atoms with Gasteiger partial charge in [-0.05, 0) is 63.2 Å². The number of carbonyl (C=O) groups excluding carboxylic acids is 2. The molecule has 0 radical (unpaired) electrons. The summed E-state index contributed by atoms with van der Waals surface area (Å²) in [5.74, 6) is -1.14. The van der Waals surface area contributed by atoms with E-state index in [1.165, 1.54) is 34.9 Å². The standard InChI is InChI=1S/C29H36FN7O5/c1-17-9-12-21(32-27(39)19(15-36(4)29(41)42)7-5-6-8-24(38)35(2)3)28(40)37(17)16-23-33-25-20(30)14-31-22(26(25)34-23)13-18-10-11-18/h6,8-9,12,14,18-19H,5,7,10-11,13,15-16H2,1-4H3,(H,32,39)(H,33,34)(H,41,42)/b8-6+/t19-/m0/s1. The summed E-state index contributed by atoms with van der Waals surface area (Å²) in [7, 11) is 4.60. The number of fused-ring (bicyclic) bond motifs is 1. The van der Waals surface area contributed by atoms with Crippen molar-refractivity contribution < 1.29 is 23.9 Å². The number of aromatic amines is 1. The minimum Gasteiger partial charge on any atom is -0.465 e. The molecule has 0 unspecified atom stereocenters. The molecule has 1 fully saturated rings. The number of amides is 3. The van der Waals surface area contributed by atoms with Crippen LogP contribution in [0.5, 0.6) is 0 Å². The minimum absolute atomic E-state index is 0.0151. The van der Waals surface area contributed by atoms with Gasteiger partial charge in [-0.1, -0.05) is 6.08 Å². The Balaban J connectivity index is 1.53. The first kappa shape index (κ1) is 30.4. The Hall–Kier alpha value is -4.55.